The van der Waals surface area contributed by atoms with Crippen molar-refractivity contribution in [3.05, 3.63) is 70.5 Å². The number of ether oxygens (including phenoxy) is 1. The predicted molar refractivity (Wildman–Crippen MR) is 206 cm³/mol. The number of halogens is 1. The molecule has 8 nitrogen and oxygen atoms in total. The summed E-state index contributed by atoms with van der Waals surface area (Å²) in [6.07, 6.45) is 13.4. The molecule has 2 aromatic rings. The highest BCUT2D eigenvalue weighted by molar-refractivity contribution is 6.15. The SMILES string of the molecule is C[C@]12CC[C@@H](O)C[C@@H]1CC[C@@H]1[C@@H]2CC[C@]2(C)[C@@H](OCCCCC(=O)N3CCN(C(=O)c4cc(CC5=NCC(=O)c6ccccc65)ccc4F)CC3)CC[C@@H]12. The van der Waals surface area contributed by atoms with Gasteiger partial charge in [-0.05, 0) is 123 Å². The third kappa shape index (κ3) is 6.97. The zero-order valence-corrected chi connectivity index (χ0v) is 32.2. The van der Waals surface area contributed by atoms with E-state index in [4.69, 9.17) is 4.74 Å². The van der Waals surface area contributed by atoms with Gasteiger partial charge in [-0.3, -0.25) is 19.4 Å². The Bertz CT molecular complexity index is 1790. The van der Waals surface area contributed by atoms with Crippen LogP contribution in [0.3, 0.4) is 0 Å². The topological polar surface area (TPSA) is 99.5 Å². The fourth-order valence-electron chi connectivity index (χ4n) is 12.1. The van der Waals surface area contributed by atoms with Gasteiger partial charge in [0.25, 0.3) is 5.91 Å². The van der Waals surface area contributed by atoms with Crippen molar-refractivity contribution in [1.29, 1.82) is 0 Å². The number of fused-ring (bicyclic) bond motifs is 6. The molecule has 54 heavy (non-hydrogen) atoms. The number of rotatable bonds is 9. The molecule has 0 bridgehead atoms. The number of carbonyl (C=O) groups excluding carboxylic acids is 3. The quantitative estimate of drug-likeness (QED) is 0.273. The van der Waals surface area contributed by atoms with Crippen LogP contribution in [0.5, 0.6) is 0 Å². The Hall–Kier alpha value is -3.43. The number of carbonyl (C=O) groups is 3. The van der Waals surface area contributed by atoms with Crippen LogP contribution in [0.15, 0.2) is 47.5 Å². The largest absolute Gasteiger partial charge is 0.393 e. The highest BCUT2D eigenvalue weighted by atomic mass is 19.1. The third-order valence-electron chi connectivity index (χ3n) is 15.2. The predicted octanol–water partition coefficient (Wildman–Crippen LogP) is 7.30. The van der Waals surface area contributed by atoms with Gasteiger partial charge in [0.2, 0.25) is 5.91 Å². The standard InChI is InChI=1S/C45H58FN3O5/c1-44-18-16-31(50)27-30(44)11-12-34-36-13-15-41(45(36,2)19-17-37(34)44)54-24-6-5-9-42(52)48-20-22-49(23-21-48)43(53)35-25-29(10-14-38(35)46)26-39-32-7-3-4-8-33(32)40(51)28-47-39/h3-4,7-8,10,14,25,30-31,34,36-37,41,50H,5-6,9,11-13,15-24,26-28H2,1-2H3/t30-,31+,34-,36-,37-,41-,44-,45-/m0/s1. The van der Waals surface area contributed by atoms with Crippen molar-refractivity contribution in [2.24, 2.45) is 39.5 Å². The lowest BCUT2D eigenvalue weighted by atomic mass is 9.45. The summed E-state index contributed by atoms with van der Waals surface area (Å²) >= 11 is 0. The number of hydrogen-bond acceptors (Lipinski definition) is 6. The average Bonchev–Trinajstić information content (AvgIpc) is 3.52. The number of aliphatic hydroxyl groups excluding tert-OH is 1. The number of hydrogen-bond donors (Lipinski definition) is 1. The minimum atomic E-state index is -0.567. The maximum Gasteiger partial charge on any atom is 0.256 e. The fraction of sp³-hybridized carbons (Fsp3) is 0.644. The van der Waals surface area contributed by atoms with Crippen LogP contribution in [0.25, 0.3) is 0 Å². The van der Waals surface area contributed by atoms with Crippen molar-refractivity contribution in [1.82, 2.24) is 9.80 Å². The van der Waals surface area contributed by atoms with Crippen molar-refractivity contribution < 1.29 is 28.6 Å². The lowest BCUT2D eigenvalue weighted by Gasteiger charge is -2.60. The van der Waals surface area contributed by atoms with E-state index in [9.17, 15) is 23.9 Å². The molecule has 8 atom stereocenters. The molecule has 2 aliphatic heterocycles. The van der Waals surface area contributed by atoms with Crippen molar-refractivity contribution in [3.63, 3.8) is 0 Å². The third-order valence-corrected chi connectivity index (χ3v) is 15.2. The summed E-state index contributed by atoms with van der Waals surface area (Å²) in [6, 6.07) is 12.0. The smallest absolute Gasteiger partial charge is 0.256 e. The van der Waals surface area contributed by atoms with Gasteiger partial charge in [-0.1, -0.05) is 44.2 Å². The van der Waals surface area contributed by atoms with E-state index in [-0.39, 0.29) is 41.2 Å². The summed E-state index contributed by atoms with van der Waals surface area (Å²) in [5.74, 6) is 2.16. The number of nitrogens with zero attached hydrogens (tertiary/aromatic N) is 3. The highest BCUT2D eigenvalue weighted by Crippen LogP contribution is 2.66. The number of piperazine rings is 1. The maximum absolute atomic E-state index is 15.0. The number of aliphatic hydroxyl groups is 1. The van der Waals surface area contributed by atoms with Crippen molar-refractivity contribution in [3.8, 4) is 0 Å². The Labute approximate surface area is 319 Å². The summed E-state index contributed by atoms with van der Waals surface area (Å²) < 4.78 is 21.6. The Balaban J connectivity index is 0.774. The molecule has 2 amide bonds. The van der Waals surface area contributed by atoms with Crippen LogP contribution in [0.2, 0.25) is 0 Å². The summed E-state index contributed by atoms with van der Waals surface area (Å²) in [4.78, 5) is 46.9. The van der Waals surface area contributed by atoms with Gasteiger partial charge in [0, 0.05) is 62.5 Å². The fourth-order valence-corrected chi connectivity index (χ4v) is 12.1. The lowest BCUT2D eigenvalue weighted by molar-refractivity contribution is -0.141. The second kappa shape index (κ2) is 15.2. The molecule has 1 saturated heterocycles. The molecule has 2 aromatic carbocycles. The van der Waals surface area contributed by atoms with Gasteiger partial charge < -0.3 is 19.6 Å². The number of aliphatic imine (C=N–C) groups is 1. The van der Waals surface area contributed by atoms with Gasteiger partial charge in [-0.25, -0.2) is 4.39 Å². The Morgan fingerprint density at radius 2 is 1.63 bits per heavy atom. The van der Waals surface area contributed by atoms with Gasteiger partial charge in [0.1, 0.15) is 12.4 Å². The molecule has 1 N–H and O–H groups in total. The number of unbranched alkanes of at least 4 members (excludes halogenated alkanes) is 1. The lowest BCUT2D eigenvalue weighted by Crippen LogP contribution is -2.54. The van der Waals surface area contributed by atoms with Crippen LogP contribution in [0.1, 0.15) is 123 Å². The second-order valence-electron chi connectivity index (χ2n) is 17.9. The van der Waals surface area contributed by atoms with Crippen molar-refractivity contribution >= 4 is 23.3 Å². The molecule has 2 heterocycles. The van der Waals surface area contributed by atoms with E-state index in [1.54, 1.807) is 23.1 Å². The van der Waals surface area contributed by atoms with Gasteiger partial charge in [-0.15, -0.1) is 0 Å². The Morgan fingerprint density at radius 3 is 2.44 bits per heavy atom. The molecule has 6 aliphatic rings. The molecule has 0 aromatic heterocycles. The summed E-state index contributed by atoms with van der Waals surface area (Å²) in [5.41, 5.74) is 3.60. The first kappa shape index (κ1) is 37.5. The summed E-state index contributed by atoms with van der Waals surface area (Å²) in [7, 11) is 0. The molecule has 9 heteroatoms. The number of Topliss-reactive ketones (excluding diaryl/α,β-unsaturated/α-hetero) is 1. The molecular formula is C45H58FN3O5. The van der Waals surface area contributed by atoms with Crippen LogP contribution in [0, 0.1) is 40.3 Å². The van der Waals surface area contributed by atoms with E-state index in [1.807, 2.05) is 23.1 Å². The molecule has 290 valence electrons. The van der Waals surface area contributed by atoms with Gasteiger partial charge >= 0.3 is 0 Å². The Morgan fingerprint density at radius 1 is 0.889 bits per heavy atom. The second-order valence-corrected chi connectivity index (χ2v) is 17.9. The number of benzene rings is 2. The first-order chi connectivity index (χ1) is 26.0. The van der Waals surface area contributed by atoms with E-state index >= 15 is 0 Å². The van der Waals surface area contributed by atoms with E-state index in [0.717, 1.165) is 66.7 Å². The first-order valence-corrected chi connectivity index (χ1v) is 20.9. The van der Waals surface area contributed by atoms with E-state index in [0.29, 0.717) is 68.6 Å². The van der Waals surface area contributed by atoms with E-state index in [1.165, 1.54) is 44.6 Å². The average molecular weight is 740 g/mol. The molecule has 5 fully saturated rings. The minimum Gasteiger partial charge on any atom is -0.393 e. The van der Waals surface area contributed by atoms with Crippen LogP contribution < -0.4 is 0 Å². The van der Waals surface area contributed by atoms with Gasteiger partial charge in [0.05, 0.1) is 17.8 Å². The molecular weight excluding hydrogens is 682 g/mol. The van der Waals surface area contributed by atoms with Crippen LogP contribution in [0.4, 0.5) is 4.39 Å². The normalized spacial score (nSPS) is 33.3. The highest BCUT2D eigenvalue weighted by Gasteiger charge is 2.60. The molecule has 4 saturated carbocycles. The molecule has 4 aliphatic carbocycles. The van der Waals surface area contributed by atoms with Gasteiger partial charge in [-0.2, -0.15) is 0 Å². The van der Waals surface area contributed by atoms with Crippen molar-refractivity contribution in [2.45, 2.75) is 110 Å². The zero-order chi connectivity index (χ0) is 37.6. The minimum absolute atomic E-state index is 0.0190. The van der Waals surface area contributed by atoms with E-state index in [2.05, 4.69) is 18.8 Å². The molecule has 0 spiro atoms. The van der Waals surface area contributed by atoms with E-state index < -0.39 is 5.82 Å². The molecule has 0 unspecified atom stereocenters. The first-order valence-electron chi connectivity index (χ1n) is 20.9. The van der Waals surface area contributed by atoms with Crippen LogP contribution in [-0.4, -0.2) is 89.8 Å². The molecule has 8 rings (SSSR count). The van der Waals surface area contributed by atoms with Gasteiger partial charge in [0.15, 0.2) is 5.78 Å². The van der Waals surface area contributed by atoms with Crippen molar-refractivity contribution in [2.75, 3.05) is 39.3 Å². The number of amides is 2. The Kier molecular flexibility index (Phi) is 10.6. The number of ketones is 1. The zero-order valence-electron chi connectivity index (χ0n) is 32.2. The van der Waals surface area contributed by atoms with Crippen LogP contribution in [-0.2, 0) is 16.0 Å². The summed E-state index contributed by atoms with van der Waals surface area (Å²) in [6.45, 7) is 7.44. The van der Waals surface area contributed by atoms with Crippen LogP contribution >= 0.6 is 0 Å². The summed E-state index contributed by atoms with van der Waals surface area (Å²) in [5, 5.41) is 10.4. The maximum atomic E-state index is 15.0. The molecule has 0 radical (unpaired) electrons. The monoisotopic (exact) mass is 739 g/mol.